The average Bonchev–Trinajstić information content (AvgIpc) is 1.94. The van der Waals surface area contributed by atoms with Gasteiger partial charge < -0.3 is 11.5 Å². The van der Waals surface area contributed by atoms with Crippen LogP contribution in [-0.2, 0) is 6.42 Å². The molecule has 2 heteroatoms. The second-order valence-electron chi connectivity index (χ2n) is 2.24. The van der Waals surface area contributed by atoms with Crippen LogP contribution in [0.1, 0.15) is 5.56 Å². The van der Waals surface area contributed by atoms with Gasteiger partial charge in [0.05, 0.1) is 0 Å². The van der Waals surface area contributed by atoms with Crippen molar-refractivity contribution in [3.05, 3.63) is 29.8 Å². The van der Waals surface area contributed by atoms with Gasteiger partial charge in [0.2, 0.25) is 0 Å². The molecule has 2 nitrogen and oxygen atoms in total. The number of hydrogen-bond donors (Lipinski definition) is 2. The number of benzene rings is 1. The zero-order valence-corrected chi connectivity index (χ0v) is 5.88. The Hall–Kier alpha value is -1.02. The molecule has 0 aliphatic rings. The third kappa shape index (κ3) is 1.48. The van der Waals surface area contributed by atoms with Gasteiger partial charge in [-0.05, 0) is 24.6 Å². The van der Waals surface area contributed by atoms with Crippen LogP contribution in [0.2, 0.25) is 0 Å². The van der Waals surface area contributed by atoms with Crippen LogP contribution >= 0.6 is 0 Å². The van der Waals surface area contributed by atoms with Gasteiger partial charge in [-0.2, -0.15) is 0 Å². The number of nitrogen functional groups attached to an aromatic ring is 1. The van der Waals surface area contributed by atoms with Gasteiger partial charge in [-0.15, -0.1) is 0 Å². The first-order valence-electron chi connectivity index (χ1n) is 3.38. The first kappa shape index (κ1) is 7.09. The third-order valence-electron chi connectivity index (χ3n) is 1.47. The minimum Gasteiger partial charge on any atom is -0.399 e. The molecule has 54 valence electrons. The Labute approximate surface area is 60.8 Å². The molecule has 0 saturated carbocycles. The molecule has 0 fully saturated rings. The van der Waals surface area contributed by atoms with E-state index in [9.17, 15) is 0 Å². The van der Waals surface area contributed by atoms with Crippen LogP contribution in [0.25, 0.3) is 0 Å². The summed E-state index contributed by atoms with van der Waals surface area (Å²) in [6, 6.07) is 7.80. The molecule has 1 rings (SSSR count). The lowest BCUT2D eigenvalue weighted by atomic mass is 10.1. The summed E-state index contributed by atoms with van der Waals surface area (Å²) >= 11 is 0. The maximum absolute atomic E-state index is 5.65. The predicted molar refractivity (Wildman–Crippen MR) is 43.6 cm³/mol. The summed E-state index contributed by atoms with van der Waals surface area (Å²) in [4.78, 5) is 0. The summed E-state index contributed by atoms with van der Waals surface area (Å²) in [6.45, 7) is 0.661. The van der Waals surface area contributed by atoms with Gasteiger partial charge in [0, 0.05) is 5.69 Å². The Kier molecular flexibility index (Phi) is 2.29. The van der Waals surface area contributed by atoms with E-state index in [1.165, 1.54) is 0 Å². The van der Waals surface area contributed by atoms with Gasteiger partial charge in [0.1, 0.15) is 0 Å². The molecule has 0 aliphatic heterocycles. The highest BCUT2D eigenvalue weighted by Crippen LogP contribution is 2.09. The quantitative estimate of drug-likeness (QED) is 0.590. The van der Waals surface area contributed by atoms with Crippen molar-refractivity contribution >= 4 is 5.69 Å². The van der Waals surface area contributed by atoms with Gasteiger partial charge in [-0.25, -0.2) is 0 Å². The molecule has 0 radical (unpaired) electrons. The van der Waals surface area contributed by atoms with Crippen molar-refractivity contribution in [2.75, 3.05) is 12.3 Å². The first-order valence-corrected chi connectivity index (χ1v) is 3.38. The zero-order chi connectivity index (χ0) is 7.40. The molecule has 0 aromatic heterocycles. The van der Waals surface area contributed by atoms with Gasteiger partial charge >= 0.3 is 0 Å². The summed E-state index contributed by atoms with van der Waals surface area (Å²) in [5.41, 5.74) is 13.0. The summed E-state index contributed by atoms with van der Waals surface area (Å²) in [5, 5.41) is 0. The van der Waals surface area contributed by atoms with Crippen LogP contribution in [0.5, 0.6) is 0 Å². The van der Waals surface area contributed by atoms with Crippen molar-refractivity contribution in [3.8, 4) is 0 Å². The van der Waals surface area contributed by atoms with E-state index in [2.05, 4.69) is 0 Å². The Balaban J connectivity index is 2.81. The van der Waals surface area contributed by atoms with E-state index in [4.69, 9.17) is 11.5 Å². The Bertz CT molecular complexity index is 208. The van der Waals surface area contributed by atoms with Crippen molar-refractivity contribution in [2.24, 2.45) is 5.73 Å². The minimum absolute atomic E-state index is 0.661. The number of para-hydroxylation sites is 1. The summed E-state index contributed by atoms with van der Waals surface area (Å²) in [7, 11) is 0. The molecule has 0 atom stereocenters. The second kappa shape index (κ2) is 3.22. The number of nitrogens with two attached hydrogens (primary N) is 2. The lowest BCUT2D eigenvalue weighted by Gasteiger charge is -2.01. The van der Waals surface area contributed by atoms with Crippen LogP contribution in [0.3, 0.4) is 0 Å². The van der Waals surface area contributed by atoms with Gasteiger partial charge in [0.25, 0.3) is 0 Å². The number of hydrogen-bond acceptors (Lipinski definition) is 2. The summed E-state index contributed by atoms with van der Waals surface area (Å²) in [5.74, 6) is 0. The van der Waals surface area contributed by atoms with Crippen molar-refractivity contribution in [3.63, 3.8) is 0 Å². The van der Waals surface area contributed by atoms with Crippen molar-refractivity contribution in [2.45, 2.75) is 6.42 Å². The molecule has 10 heavy (non-hydrogen) atoms. The van der Waals surface area contributed by atoms with E-state index >= 15 is 0 Å². The highest BCUT2D eigenvalue weighted by molar-refractivity contribution is 5.46. The molecule has 0 bridgehead atoms. The second-order valence-corrected chi connectivity index (χ2v) is 2.24. The summed E-state index contributed by atoms with van der Waals surface area (Å²) < 4.78 is 0. The lowest BCUT2D eigenvalue weighted by Crippen LogP contribution is -2.04. The van der Waals surface area contributed by atoms with Crippen LogP contribution in [-0.4, -0.2) is 6.54 Å². The van der Waals surface area contributed by atoms with Crippen molar-refractivity contribution in [1.29, 1.82) is 0 Å². The van der Waals surface area contributed by atoms with E-state index in [0.717, 1.165) is 17.7 Å². The Morgan fingerprint density at radius 2 is 1.90 bits per heavy atom. The van der Waals surface area contributed by atoms with E-state index in [-0.39, 0.29) is 0 Å². The molecule has 0 saturated heterocycles. The average molecular weight is 136 g/mol. The van der Waals surface area contributed by atoms with Crippen LogP contribution in [0.15, 0.2) is 24.3 Å². The van der Waals surface area contributed by atoms with Gasteiger partial charge in [0.15, 0.2) is 0 Å². The minimum atomic E-state index is 0.661. The van der Waals surface area contributed by atoms with Crippen LogP contribution < -0.4 is 11.5 Å². The smallest absolute Gasteiger partial charge is 0.0347 e. The topological polar surface area (TPSA) is 52.0 Å². The molecular weight excluding hydrogens is 124 g/mol. The molecular formula is C8H12N2. The van der Waals surface area contributed by atoms with Crippen LogP contribution in [0.4, 0.5) is 5.69 Å². The third-order valence-corrected chi connectivity index (χ3v) is 1.47. The number of anilines is 1. The first-order chi connectivity index (χ1) is 4.84. The highest BCUT2D eigenvalue weighted by Gasteiger charge is 1.93. The van der Waals surface area contributed by atoms with Crippen molar-refractivity contribution < 1.29 is 0 Å². The Morgan fingerprint density at radius 3 is 2.50 bits per heavy atom. The summed E-state index contributed by atoms with van der Waals surface area (Å²) in [6.07, 6.45) is 0.868. The van der Waals surface area contributed by atoms with E-state index in [1.54, 1.807) is 0 Å². The number of rotatable bonds is 2. The van der Waals surface area contributed by atoms with E-state index in [0.29, 0.717) is 6.54 Å². The molecule has 1 aromatic rings. The highest BCUT2D eigenvalue weighted by atomic mass is 14.6. The molecule has 4 N–H and O–H groups in total. The van der Waals surface area contributed by atoms with Crippen LogP contribution in [0, 0.1) is 0 Å². The SMILES string of the molecule is NCCc1ccccc1N. The molecule has 0 aliphatic carbocycles. The zero-order valence-electron chi connectivity index (χ0n) is 5.88. The van der Waals surface area contributed by atoms with E-state index < -0.39 is 0 Å². The van der Waals surface area contributed by atoms with E-state index in [1.807, 2.05) is 24.3 Å². The monoisotopic (exact) mass is 136 g/mol. The Morgan fingerprint density at radius 1 is 1.20 bits per heavy atom. The fourth-order valence-corrected chi connectivity index (χ4v) is 0.917. The maximum atomic E-state index is 5.65. The molecule has 0 heterocycles. The fraction of sp³-hybridized carbons (Fsp3) is 0.250. The molecule has 0 unspecified atom stereocenters. The lowest BCUT2D eigenvalue weighted by molar-refractivity contribution is 0.971. The molecule has 0 spiro atoms. The predicted octanol–water partition coefficient (Wildman–Crippen LogP) is 0.770. The maximum Gasteiger partial charge on any atom is 0.0347 e. The largest absolute Gasteiger partial charge is 0.399 e. The molecule has 0 amide bonds. The standard InChI is InChI=1S/C8H12N2/c9-6-5-7-3-1-2-4-8(7)10/h1-4H,5-6,9-10H2. The normalized spacial score (nSPS) is 9.70. The van der Waals surface area contributed by atoms with Crippen molar-refractivity contribution in [1.82, 2.24) is 0 Å². The molecule has 1 aromatic carbocycles. The van der Waals surface area contributed by atoms with Gasteiger partial charge in [-0.3, -0.25) is 0 Å². The fourth-order valence-electron chi connectivity index (χ4n) is 0.917. The van der Waals surface area contributed by atoms with Gasteiger partial charge in [-0.1, -0.05) is 18.2 Å².